The van der Waals surface area contributed by atoms with E-state index in [0.29, 0.717) is 18.4 Å². The van der Waals surface area contributed by atoms with Crippen molar-refractivity contribution < 1.29 is 42.7 Å². The molecule has 0 aliphatic carbocycles. The first-order valence-electron chi connectivity index (χ1n) is 16.0. The summed E-state index contributed by atoms with van der Waals surface area (Å²) in [5.41, 5.74) is -2.73. The molecule has 0 bridgehead atoms. The average molecular weight is 680 g/mol. The molecule has 5 heterocycles. The summed E-state index contributed by atoms with van der Waals surface area (Å²) in [7, 11) is 1.32. The number of ether oxygens (including phenoxy) is 3. The maximum Gasteiger partial charge on any atom is 0.319 e. The van der Waals surface area contributed by atoms with Gasteiger partial charge in [0.05, 0.1) is 44.1 Å². The summed E-state index contributed by atoms with van der Waals surface area (Å²) in [6.45, 7) is 2.21. The lowest BCUT2D eigenvalue weighted by atomic mass is 9.95. The summed E-state index contributed by atoms with van der Waals surface area (Å²) < 4.78 is 64.2. The van der Waals surface area contributed by atoms with Crippen molar-refractivity contribution in [3.63, 3.8) is 0 Å². The van der Waals surface area contributed by atoms with Gasteiger partial charge in [-0.25, -0.2) is 18.2 Å². The van der Waals surface area contributed by atoms with Crippen molar-refractivity contribution in [3.8, 4) is 41.2 Å². The van der Waals surface area contributed by atoms with Crippen LogP contribution in [0.25, 0.3) is 32.9 Å². The maximum absolute atomic E-state index is 17.1. The van der Waals surface area contributed by atoms with Gasteiger partial charge in [0.2, 0.25) is 5.88 Å². The number of rotatable bonds is 7. The quantitative estimate of drug-likeness (QED) is 0.247. The van der Waals surface area contributed by atoms with E-state index in [9.17, 15) is 24.1 Å². The first-order valence-corrected chi connectivity index (χ1v) is 16.0. The fourth-order valence-corrected chi connectivity index (χ4v) is 7.51. The number of methoxy groups -OCH3 is 1. The molecule has 0 amide bonds. The van der Waals surface area contributed by atoms with Crippen LogP contribution in [0.4, 0.5) is 19.0 Å². The summed E-state index contributed by atoms with van der Waals surface area (Å²) in [5, 5.41) is 32.3. The first kappa shape index (κ1) is 33.1. The summed E-state index contributed by atoms with van der Waals surface area (Å²) in [4.78, 5) is 17.3. The molecule has 0 radical (unpaired) electrons. The van der Waals surface area contributed by atoms with Crippen molar-refractivity contribution in [3.05, 3.63) is 41.5 Å². The molecule has 4 aromatic rings. The highest BCUT2D eigenvalue weighted by atomic mass is 19.1. The third-order valence-corrected chi connectivity index (χ3v) is 9.68. The molecule has 3 fully saturated rings. The Bertz CT molecular complexity index is 1990. The van der Waals surface area contributed by atoms with Gasteiger partial charge in [0.15, 0.2) is 5.82 Å². The number of fused-ring (bicyclic) bond motifs is 3. The second-order valence-electron chi connectivity index (χ2n) is 13.4. The van der Waals surface area contributed by atoms with Crippen LogP contribution in [-0.2, 0) is 4.74 Å². The Kier molecular flexibility index (Phi) is 8.43. The number of hydrogen-bond donors (Lipinski definition) is 3. The van der Waals surface area contributed by atoms with Crippen molar-refractivity contribution >= 4 is 27.5 Å². The average Bonchev–Trinajstić information content (AvgIpc) is 3.54. The number of alkyl halides is 1. The van der Waals surface area contributed by atoms with Gasteiger partial charge in [-0.2, -0.15) is 9.97 Å². The zero-order valence-corrected chi connectivity index (χ0v) is 27.0. The number of halogens is 3. The largest absolute Gasteiger partial charge is 0.508 e. The van der Waals surface area contributed by atoms with Crippen molar-refractivity contribution in [1.82, 2.24) is 19.9 Å². The van der Waals surface area contributed by atoms with Gasteiger partial charge in [0.25, 0.3) is 0 Å². The van der Waals surface area contributed by atoms with Crippen LogP contribution in [0.1, 0.15) is 31.7 Å². The van der Waals surface area contributed by atoms with Gasteiger partial charge in [-0.05, 0) is 49.9 Å². The van der Waals surface area contributed by atoms with E-state index in [2.05, 4.69) is 25.8 Å². The fourth-order valence-electron chi connectivity index (χ4n) is 7.51. The number of pyridine rings is 1. The van der Waals surface area contributed by atoms with Crippen LogP contribution in [0, 0.1) is 24.0 Å². The molecule has 2 aromatic heterocycles. The SMILES string of the molecule is C#Cc1c(F)ccc2cc(O)cc(-c3nc(OC)c4c(N5C[C@H](CO)OC[C@@](C)(O)C5)nc(OC[C@@]56CCCN5C[C@H](F)C6)nc4c3F)c12. The normalized spacial score (nSPS) is 25.8. The van der Waals surface area contributed by atoms with Gasteiger partial charge in [-0.3, -0.25) is 4.90 Å². The predicted molar refractivity (Wildman–Crippen MR) is 175 cm³/mol. The van der Waals surface area contributed by atoms with Gasteiger partial charge in [0.1, 0.15) is 52.4 Å². The van der Waals surface area contributed by atoms with Crippen LogP contribution in [0.5, 0.6) is 17.6 Å². The van der Waals surface area contributed by atoms with Gasteiger partial charge < -0.3 is 34.4 Å². The predicted octanol–water partition coefficient (Wildman–Crippen LogP) is 3.72. The lowest BCUT2D eigenvalue weighted by Crippen LogP contribution is -2.44. The van der Waals surface area contributed by atoms with E-state index < -0.39 is 35.1 Å². The van der Waals surface area contributed by atoms with Crippen LogP contribution >= 0.6 is 0 Å². The molecule has 49 heavy (non-hydrogen) atoms. The highest BCUT2D eigenvalue weighted by Crippen LogP contribution is 2.44. The van der Waals surface area contributed by atoms with Crippen molar-refractivity contribution in [2.24, 2.45) is 0 Å². The number of aromatic nitrogens is 3. The second kappa shape index (κ2) is 12.5. The van der Waals surface area contributed by atoms with E-state index in [1.54, 1.807) is 11.8 Å². The molecular weight excluding hydrogens is 643 g/mol. The molecule has 0 spiro atoms. The van der Waals surface area contributed by atoms with Crippen molar-refractivity contribution in [2.45, 2.75) is 49.6 Å². The molecule has 7 rings (SSSR count). The third-order valence-electron chi connectivity index (χ3n) is 9.68. The molecule has 3 aliphatic heterocycles. The number of terminal acetylenes is 1. The standard InChI is InChI=1S/C35H36F3N5O6/c1-4-23-25(37)7-6-19-10-21(45)11-24(26(19)23)29-28(38)30-27(32(39-29)47-3)31(42-14-22(15-44)48-17-34(2,46)16-42)41-33(40-30)49-18-35-8-5-9-43(35)13-20(36)12-35/h1,6-7,10-11,20,22,44-46H,5,8-9,12-18H2,2-3H3/t20-,22-,34+,35+/m1/s1. The molecule has 258 valence electrons. The summed E-state index contributed by atoms with van der Waals surface area (Å²) >= 11 is 0. The first-order chi connectivity index (χ1) is 23.5. The third kappa shape index (κ3) is 5.84. The Hall–Kier alpha value is -4.42. The molecule has 2 aromatic carbocycles. The van der Waals surface area contributed by atoms with Crippen LogP contribution in [0.15, 0.2) is 24.3 Å². The zero-order valence-electron chi connectivity index (χ0n) is 27.0. The molecule has 0 unspecified atom stereocenters. The summed E-state index contributed by atoms with van der Waals surface area (Å²) in [6.07, 6.45) is 5.83. The summed E-state index contributed by atoms with van der Waals surface area (Å²) in [6, 6.07) is 4.97. The lowest BCUT2D eigenvalue weighted by Gasteiger charge is -2.32. The number of phenols is 1. The second-order valence-corrected chi connectivity index (χ2v) is 13.4. The number of phenolic OH excluding ortho intramolecular Hbond substituents is 1. The maximum atomic E-state index is 17.1. The number of anilines is 1. The minimum Gasteiger partial charge on any atom is -0.508 e. The lowest BCUT2D eigenvalue weighted by molar-refractivity contribution is -0.0528. The molecule has 3 aliphatic rings. The molecule has 11 nitrogen and oxygen atoms in total. The van der Waals surface area contributed by atoms with Crippen LogP contribution in [0.2, 0.25) is 0 Å². The van der Waals surface area contributed by atoms with E-state index in [1.165, 1.54) is 25.3 Å². The van der Waals surface area contributed by atoms with E-state index in [0.717, 1.165) is 19.0 Å². The Morgan fingerprint density at radius 3 is 2.73 bits per heavy atom. The van der Waals surface area contributed by atoms with Crippen molar-refractivity contribution in [1.29, 1.82) is 0 Å². The van der Waals surface area contributed by atoms with Crippen LogP contribution in [0.3, 0.4) is 0 Å². The number of benzene rings is 2. The van der Waals surface area contributed by atoms with E-state index in [1.807, 2.05) is 0 Å². The zero-order chi connectivity index (χ0) is 34.7. The minimum absolute atomic E-state index is 0.00494. The molecule has 14 heteroatoms. The number of β-amino-alcohol motifs (C(OH)–C–C–N with tert-alkyl or cyclic N) is 1. The highest BCUT2D eigenvalue weighted by Gasteiger charge is 2.49. The fraction of sp³-hybridized carbons (Fsp3) is 0.457. The molecule has 4 atom stereocenters. The van der Waals surface area contributed by atoms with Gasteiger partial charge in [0, 0.05) is 30.5 Å². The number of hydrogen-bond acceptors (Lipinski definition) is 11. The van der Waals surface area contributed by atoms with Crippen LogP contribution in [-0.4, -0.2) is 112 Å². The summed E-state index contributed by atoms with van der Waals surface area (Å²) in [5.74, 6) is 0.369. The monoisotopic (exact) mass is 679 g/mol. The van der Waals surface area contributed by atoms with Gasteiger partial charge >= 0.3 is 6.01 Å². The molecule has 3 N–H and O–H groups in total. The van der Waals surface area contributed by atoms with Crippen LogP contribution < -0.4 is 14.4 Å². The topological polar surface area (TPSA) is 134 Å². The molecule has 0 saturated carbocycles. The molecule has 3 saturated heterocycles. The van der Waals surface area contributed by atoms with E-state index in [4.69, 9.17) is 20.6 Å². The van der Waals surface area contributed by atoms with E-state index in [-0.39, 0.29) is 95.9 Å². The van der Waals surface area contributed by atoms with Crippen molar-refractivity contribution in [2.75, 3.05) is 58.0 Å². The van der Waals surface area contributed by atoms with E-state index >= 15 is 4.39 Å². The van der Waals surface area contributed by atoms with Gasteiger partial charge in [-0.15, -0.1) is 6.42 Å². The Morgan fingerprint density at radius 2 is 1.98 bits per heavy atom. The minimum atomic E-state index is -1.40. The number of nitrogens with zero attached hydrogens (tertiary/aromatic N) is 5. The van der Waals surface area contributed by atoms with Gasteiger partial charge in [-0.1, -0.05) is 12.0 Å². The Balaban J connectivity index is 1.46. The smallest absolute Gasteiger partial charge is 0.319 e. The number of aliphatic hydroxyl groups excluding tert-OH is 1. The Labute approximate surface area is 280 Å². The molecular formula is C35H36F3N5O6. The number of aromatic hydroxyl groups is 1. The Morgan fingerprint density at radius 1 is 1.16 bits per heavy atom. The highest BCUT2D eigenvalue weighted by molar-refractivity contribution is 6.04. The number of aliphatic hydroxyl groups is 2.